The van der Waals surface area contributed by atoms with Crippen molar-refractivity contribution in [1.82, 2.24) is 15.1 Å². The molecule has 1 unspecified atom stereocenters. The number of rotatable bonds is 6. The van der Waals surface area contributed by atoms with Crippen LogP contribution in [0, 0.1) is 0 Å². The molecule has 1 aromatic heterocycles. The van der Waals surface area contributed by atoms with E-state index in [4.69, 9.17) is 0 Å². The number of likely N-dealkylation sites (N-methyl/N-ethyl adjacent to an activating group) is 1. The second-order valence-corrected chi connectivity index (χ2v) is 4.35. The van der Waals surface area contributed by atoms with Gasteiger partial charge in [0.25, 0.3) is 5.56 Å². The molecule has 0 aliphatic heterocycles. The maximum atomic E-state index is 11.8. The minimum Gasteiger partial charge on any atom is -0.373 e. The first kappa shape index (κ1) is 13.7. The van der Waals surface area contributed by atoms with Gasteiger partial charge in [0, 0.05) is 25.7 Å². The second kappa shape index (κ2) is 6.39. The summed E-state index contributed by atoms with van der Waals surface area (Å²) in [5.41, 5.74) is 0.831. The monoisotopic (exact) mass is 238 g/mol. The summed E-state index contributed by atoms with van der Waals surface area (Å²) in [5.74, 6) is 0. The van der Waals surface area contributed by atoms with Crippen LogP contribution in [0.15, 0.2) is 17.1 Å². The van der Waals surface area contributed by atoms with Gasteiger partial charge in [0.15, 0.2) is 0 Å². The van der Waals surface area contributed by atoms with E-state index in [0.717, 1.165) is 18.7 Å². The molecule has 0 saturated heterocycles. The van der Waals surface area contributed by atoms with Crippen LogP contribution in [0.2, 0.25) is 0 Å². The van der Waals surface area contributed by atoms with E-state index in [9.17, 15) is 4.79 Å². The Kier molecular flexibility index (Phi) is 5.15. The molecule has 0 aliphatic carbocycles. The van der Waals surface area contributed by atoms with E-state index in [1.807, 2.05) is 25.9 Å². The van der Waals surface area contributed by atoms with Crippen LogP contribution in [0.5, 0.6) is 0 Å². The first-order valence-electron chi connectivity index (χ1n) is 6.04. The number of hydrogen-bond acceptors (Lipinski definition) is 4. The van der Waals surface area contributed by atoms with Gasteiger partial charge in [0.1, 0.15) is 0 Å². The normalized spacial score (nSPS) is 12.5. The summed E-state index contributed by atoms with van der Waals surface area (Å²) in [4.78, 5) is 13.9. The molecule has 0 fully saturated rings. The SMILES string of the molecule is CCCN(C)c1cnn(CC(C)NC)c(=O)c1. The summed E-state index contributed by atoms with van der Waals surface area (Å²) in [7, 11) is 3.85. The van der Waals surface area contributed by atoms with Crippen LogP contribution >= 0.6 is 0 Å². The van der Waals surface area contributed by atoms with Crippen LogP contribution in [-0.4, -0.2) is 36.5 Å². The predicted molar refractivity (Wildman–Crippen MR) is 70.6 cm³/mol. The zero-order chi connectivity index (χ0) is 12.8. The van der Waals surface area contributed by atoms with Crippen molar-refractivity contribution in [3.63, 3.8) is 0 Å². The minimum atomic E-state index is -0.0486. The molecule has 0 bridgehead atoms. The fourth-order valence-corrected chi connectivity index (χ4v) is 1.59. The van der Waals surface area contributed by atoms with Crippen molar-refractivity contribution >= 4 is 5.69 Å². The summed E-state index contributed by atoms with van der Waals surface area (Å²) in [6, 6.07) is 1.88. The quantitative estimate of drug-likeness (QED) is 0.792. The Labute approximate surface area is 102 Å². The van der Waals surface area contributed by atoms with E-state index in [2.05, 4.69) is 17.3 Å². The third kappa shape index (κ3) is 3.85. The molecular weight excluding hydrogens is 216 g/mol. The molecule has 0 aliphatic rings. The van der Waals surface area contributed by atoms with Crippen molar-refractivity contribution in [3.8, 4) is 0 Å². The molecule has 1 rings (SSSR count). The highest BCUT2D eigenvalue weighted by atomic mass is 16.1. The molecule has 1 N–H and O–H groups in total. The molecule has 17 heavy (non-hydrogen) atoms. The van der Waals surface area contributed by atoms with Crippen molar-refractivity contribution in [3.05, 3.63) is 22.6 Å². The molecule has 1 aromatic rings. The molecule has 5 nitrogen and oxygen atoms in total. The Balaban J connectivity index is 2.82. The van der Waals surface area contributed by atoms with Crippen LogP contribution in [-0.2, 0) is 6.54 Å². The Bertz CT molecular complexity index is 402. The van der Waals surface area contributed by atoms with Crippen molar-refractivity contribution in [2.75, 3.05) is 25.5 Å². The third-order valence-corrected chi connectivity index (χ3v) is 2.79. The van der Waals surface area contributed by atoms with E-state index in [0.29, 0.717) is 6.54 Å². The molecule has 0 amide bonds. The van der Waals surface area contributed by atoms with Crippen molar-refractivity contribution in [1.29, 1.82) is 0 Å². The molecule has 0 saturated carbocycles. The Morgan fingerprint density at radius 1 is 1.59 bits per heavy atom. The van der Waals surface area contributed by atoms with E-state index in [1.54, 1.807) is 12.3 Å². The van der Waals surface area contributed by atoms with Gasteiger partial charge in [-0.25, -0.2) is 4.68 Å². The van der Waals surface area contributed by atoms with Gasteiger partial charge in [-0.2, -0.15) is 5.10 Å². The Hall–Kier alpha value is -1.36. The zero-order valence-corrected chi connectivity index (χ0v) is 11.1. The number of anilines is 1. The van der Waals surface area contributed by atoms with E-state index >= 15 is 0 Å². The van der Waals surface area contributed by atoms with Gasteiger partial charge in [-0.1, -0.05) is 6.92 Å². The molecule has 1 heterocycles. The second-order valence-electron chi connectivity index (χ2n) is 4.35. The van der Waals surface area contributed by atoms with E-state index in [-0.39, 0.29) is 11.6 Å². The van der Waals surface area contributed by atoms with Crippen molar-refractivity contribution in [2.45, 2.75) is 32.9 Å². The minimum absolute atomic E-state index is 0.0486. The predicted octanol–water partition coefficient (Wildman–Crippen LogP) is 0.697. The lowest BCUT2D eigenvalue weighted by molar-refractivity contribution is 0.464. The molecule has 0 aromatic carbocycles. The molecule has 96 valence electrons. The van der Waals surface area contributed by atoms with Gasteiger partial charge >= 0.3 is 0 Å². The lowest BCUT2D eigenvalue weighted by Gasteiger charge is -2.18. The average molecular weight is 238 g/mol. The fourth-order valence-electron chi connectivity index (χ4n) is 1.59. The van der Waals surface area contributed by atoms with Gasteiger partial charge in [-0.3, -0.25) is 4.79 Å². The molecule has 1 atom stereocenters. The number of aromatic nitrogens is 2. The van der Waals surface area contributed by atoms with Crippen LogP contribution in [0.25, 0.3) is 0 Å². The van der Waals surface area contributed by atoms with Gasteiger partial charge in [-0.15, -0.1) is 0 Å². The van der Waals surface area contributed by atoms with Gasteiger partial charge in [0.2, 0.25) is 0 Å². The Morgan fingerprint density at radius 2 is 2.29 bits per heavy atom. The van der Waals surface area contributed by atoms with Crippen LogP contribution in [0.3, 0.4) is 0 Å². The standard InChI is InChI=1S/C12H22N4O/c1-5-6-15(4)11-7-12(17)16(14-8-11)9-10(2)13-3/h7-8,10,13H,5-6,9H2,1-4H3. The van der Waals surface area contributed by atoms with Gasteiger partial charge in [0.05, 0.1) is 18.4 Å². The fraction of sp³-hybridized carbons (Fsp3) is 0.667. The lowest BCUT2D eigenvalue weighted by atomic mass is 10.3. The van der Waals surface area contributed by atoms with Crippen LogP contribution < -0.4 is 15.8 Å². The van der Waals surface area contributed by atoms with Crippen LogP contribution in [0.1, 0.15) is 20.3 Å². The van der Waals surface area contributed by atoms with Crippen LogP contribution in [0.4, 0.5) is 5.69 Å². The third-order valence-electron chi connectivity index (χ3n) is 2.79. The maximum absolute atomic E-state index is 11.8. The van der Waals surface area contributed by atoms with E-state index < -0.39 is 0 Å². The smallest absolute Gasteiger partial charge is 0.268 e. The number of hydrogen-bond donors (Lipinski definition) is 1. The summed E-state index contributed by atoms with van der Waals surface area (Å²) >= 11 is 0. The summed E-state index contributed by atoms with van der Waals surface area (Å²) < 4.78 is 1.49. The van der Waals surface area contributed by atoms with Gasteiger partial charge < -0.3 is 10.2 Å². The molecule has 5 heteroatoms. The van der Waals surface area contributed by atoms with Gasteiger partial charge in [-0.05, 0) is 20.4 Å². The molecule has 0 radical (unpaired) electrons. The number of nitrogens with zero attached hydrogens (tertiary/aromatic N) is 3. The van der Waals surface area contributed by atoms with Crippen molar-refractivity contribution < 1.29 is 0 Å². The maximum Gasteiger partial charge on any atom is 0.268 e. The first-order valence-corrected chi connectivity index (χ1v) is 6.04. The number of nitrogens with one attached hydrogen (secondary N) is 1. The summed E-state index contributed by atoms with van der Waals surface area (Å²) in [6.07, 6.45) is 2.80. The average Bonchev–Trinajstić information content (AvgIpc) is 2.31. The lowest BCUT2D eigenvalue weighted by Crippen LogP contribution is -2.34. The van der Waals surface area contributed by atoms with E-state index in [1.165, 1.54) is 4.68 Å². The largest absolute Gasteiger partial charge is 0.373 e. The highest BCUT2D eigenvalue weighted by molar-refractivity contribution is 5.41. The topological polar surface area (TPSA) is 50.2 Å². The highest BCUT2D eigenvalue weighted by Gasteiger charge is 2.06. The molecular formula is C12H22N4O. The zero-order valence-electron chi connectivity index (χ0n) is 11.1. The summed E-state index contributed by atoms with van der Waals surface area (Å²) in [5, 5.41) is 7.28. The highest BCUT2D eigenvalue weighted by Crippen LogP contribution is 2.07. The Morgan fingerprint density at radius 3 is 2.82 bits per heavy atom. The first-order chi connectivity index (χ1) is 8.08. The summed E-state index contributed by atoms with van der Waals surface area (Å²) in [6.45, 7) is 5.65. The van der Waals surface area contributed by atoms with Crippen molar-refractivity contribution in [2.24, 2.45) is 0 Å². The molecule has 0 spiro atoms.